The minimum absolute atomic E-state index is 0.0388. The molecule has 1 N–H and O–H groups in total. The van der Waals surface area contributed by atoms with Crippen LogP contribution in [-0.2, 0) is 6.54 Å². The second kappa shape index (κ2) is 4.85. The van der Waals surface area contributed by atoms with Crippen LogP contribution in [0.5, 0.6) is 0 Å². The molecular formula is C15H15N3O2. The minimum atomic E-state index is -0.0388. The van der Waals surface area contributed by atoms with Crippen molar-refractivity contribution in [3.63, 3.8) is 0 Å². The van der Waals surface area contributed by atoms with E-state index in [9.17, 15) is 4.79 Å². The SMILES string of the molecule is Cc1cc(CN(C)C(=O)c2c[nH]c3ccccc23)no1. The van der Waals surface area contributed by atoms with Crippen LogP contribution in [0.1, 0.15) is 21.8 Å². The lowest BCUT2D eigenvalue weighted by Gasteiger charge is -2.14. The Balaban J connectivity index is 1.84. The van der Waals surface area contributed by atoms with Crippen LogP contribution in [-0.4, -0.2) is 28.0 Å². The molecule has 0 aliphatic rings. The molecule has 0 fully saturated rings. The molecule has 0 atom stereocenters. The number of fused-ring (bicyclic) bond motifs is 1. The molecule has 0 saturated carbocycles. The van der Waals surface area contributed by atoms with Gasteiger partial charge in [0.2, 0.25) is 0 Å². The highest BCUT2D eigenvalue weighted by Gasteiger charge is 2.17. The van der Waals surface area contributed by atoms with Crippen molar-refractivity contribution in [2.75, 3.05) is 7.05 Å². The summed E-state index contributed by atoms with van der Waals surface area (Å²) in [5.41, 5.74) is 2.38. The standard InChI is InChI=1S/C15H15N3O2/c1-10-7-11(17-20-10)9-18(2)15(19)13-8-16-14-6-4-3-5-12(13)14/h3-8,16H,9H2,1-2H3. The number of aromatic amines is 1. The summed E-state index contributed by atoms with van der Waals surface area (Å²) in [5, 5.41) is 4.84. The van der Waals surface area contributed by atoms with E-state index < -0.39 is 0 Å². The fourth-order valence-electron chi connectivity index (χ4n) is 2.26. The van der Waals surface area contributed by atoms with E-state index in [-0.39, 0.29) is 5.91 Å². The molecule has 0 spiro atoms. The van der Waals surface area contributed by atoms with E-state index in [1.54, 1.807) is 18.1 Å². The molecule has 0 aliphatic carbocycles. The number of amides is 1. The lowest BCUT2D eigenvalue weighted by atomic mass is 10.1. The summed E-state index contributed by atoms with van der Waals surface area (Å²) in [4.78, 5) is 17.2. The number of carbonyl (C=O) groups excluding carboxylic acids is 1. The number of carbonyl (C=O) groups is 1. The molecule has 5 heteroatoms. The molecule has 5 nitrogen and oxygen atoms in total. The zero-order valence-corrected chi connectivity index (χ0v) is 11.4. The van der Waals surface area contributed by atoms with Gasteiger partial charge < -0.3 is 14.4 Å². The summed E-state index contributed by atoms with van der Waals surface area (Å²) < 4.78 is 5.01. The van der Waals surface area contributed by atoms with Crippen LogP contribution in [0, 0.1) is 6.92 Å². The Morgan fingerprint density at radius 2 is 2.20 bits per heavy atom. The molecule has 0 saturated heterocycles. The number of aromatic nitrogens is 2. The summed E-state index contributed by atoms with van der Waals surface area (Å²) >= 11 is 0. The van der Waals surface area contributed by atoms with Crippen molar-refractivity contribution >= 4 is 16.8 Å². The molecule has 0 aliphatic heterocycles. The monoisotopic (exact) mass is 269 g/mol. The molecule has 1 amide bonds. The van der Waals surface area contributed by atoms with E-state index in [1.165, 1.54) is 0 Å². The summed E-state index contributed by atoms with van der Waals surface area (Å²) in [7, 11) is 1.76. The van der Waals surface area contributed by atoms with Crippen molar-refractivity contribution < 1.29 is 9.32 Å². The number of nitrogens with one attached hydrogen (secondary N) is 1. The van der Waals surface area contributed by atoms with Gasteiger partial charge in [-0.1, -0.05) is 23.4 Å². The van der Waals surface area contributed by atoms with Crippen LogP contribution in [0.4, 0.5) is 0 Å². The van der Waals surface area contributed by atoms with E-state index in [1.807, 2.05) is 37.3 Å². The Morgan fingerprint density at radius 1 is 1.40 bits per heavy atom. The normalized spacial score (nSPS) is 10.9. The van der Waals surface area contributed by atoms with E-state index in [2.05, 4.69) is 10.1 Å². The second-order valence-corrected chi connectivity index (χ2v) is 4.84. The number of hydrogen-bond acceptors (Lipinski definition) is 3. The maximum Gasteiger partial charge on any atom is 0.256 e. The number of aryl methyl sites for hydroxylation is 1. The average Bonchev–Trinajstić information content (AvgIpc) is 3.04. The number of benzene rings is 1. The Labute approximate surface area is 116 Å². The number of rotatable bonds is 3. The van der Waals surface area contributed by atoms with Crippen molar-refractivity contribution in [3.05, 3.63) is 53.5 Å². The van der Waals surface area contributed by atoms with E-state index in [0.29, 0.717) is 12.1 Å². The Hall–Kier alpha value is -2.56. The lowest BCUT2D eigenvalue weighted by molar-refractivity contribution is 0.0784. The molecule has 0 radical (unpaired) electrons. The predicted octanol–water partition coefficient (Wildman–Crippen LogP) is 2.74. The zero-order chi connectivity index (χ0) is 14.1. The topological polar surface area (TPSA) is 62.1 Å². The summed E-state index contributed by atoms with van der Waals surface area (Å²) in [6, 6.07) is 9.59. The van der Waals surface area contributed by atoms with Gasteiger partial charge in [-0.05, 0) is 13.0 Å². The van der Waals surface area contributed by atoms with Crippen LogP contribution in [0.2, 0.25) is 0 Å². The molecule has 1 aromatic carbocycles. The van der Waals surface area contributed by atoms with Gasteiger partial charge in [0.25, 0.3) is 5.91 Å². The summed E-state index contributed by atoms with van der Waals surface area (Å²) in [6.07, 6.45) is 1.75. The predicted molar refractivity (Wildman–Crippen MR) is 75.3 cm³/mol. The average molecular weight is 269 g/mol. The van der Waals surface area contributed by atoms with Gasteiger partial charge >= 0.3 is 0 Å². The van der Waals surface area contributed by atoms with Gasteiger partial charge in [-0.2, -0.15) is 0 Å². The molecule has 20 heavy (non-hydrogen) atoms. The molecule has 2 aromatic heterocycles. The largest absolute Gasteiger partial charge is 0.361 e. The van der Waals surface area contributed by atoms with Crippen molar-refractivity contribution in [2.24, 2.45) is 0 Å². The first-order valence-corrected chi connectivity index (χ1v) is 6.39. The lowest BCUT2D eigenvalue weighted by Crippen LogP contribution is -2.26. The van der Waals surface area contributed by atoms with Gasteiger partial charge in [-0.3, -0.25) is 4.79 Å². The van der Waals surface area contributed by atoms with Crippen LogP contribution in [0.15, 0.2) is 41.1 Å². The molecule has 3 rings (SSSR count). The number of hydrogen-bond donors (Lipinski definition) is 1. The van der Waals surface area contributed by atoms with Crippen LogP contribution in [0.3, 0.4) is 0 Å². The zero-order valence-electron chi connectivity index (χ0n) is 11.4. The number of nitrogens with zero attached hydrogens (tertiary/aromatic N) is 2. The Bertz CT molecular complexity index is 757. The van der Waals surface area contributed by atoms with E-state index >= 15 is 0 Å². The second-order valence-electron chi connectivity index (χ2n) is 4.84. The fraction of sp³-hybridized carbons (Fsp3) is 0.200. The summed E-state index contributed by atoms with van der Waals surface area (Å²) in [5.74, 6) is 0.705. The van der Waals surface area contributed by atoms with Crippen molar-refractivity contribution in [2.45, 2.75) is 13.5 Å². The molecule has 0 bridgehead atoms. The molecule has 2 heterocycles. The van der Waals surface area contributed by atoms with Crippen molar-refractivity contribution in [1.29, 1.82) is 0 Å². The Morgan fingerprint density at radius 3 is 2.95 bits per heavy atom. The first-order valence-electron chi connectivity index (χ1n) is 6.39. The molecule has 102 valence electrons. The van der Waals surface area contributed by atoms with Crippen LogP contribution < -0.4 is 0 Å². The third-order valence-electron chi connectivity index (χ3n) is 3.24. The van der Waals surface area contributed by atoms with Gasteiger partial charge in [0, 0.05) is 30.2 Å². The number of para-hydroxylation sites is 1. The molecular weight excluding hydrogens is 254 g/mol. The highest BCUT2D eigenvalue weighted by atomic mass is 16.5. The van der Waals surface area contributed by atoms with Crippen molar-refractivity contribution in [1.82, 2.24) is 15.0 Å². The van der Waals surface area contributed by atoms with E-state index in [0.717, 1.165) is 22.4 Å². The quantitative estimate of drug-likeness (QED) is 0.795. The Kier molecular flexibility index (Phi) is 3.02. The maximum atomic E-state index is 12.5. The number of H-pyrrole nitrogens is 1. The van der Waals surface area contributed by atoms with Crippen LogP contribution in [0.25, 0.3) is 10.9 Å². The van der Waals surface area contributed by atoms with Gasteiger partial charge in [-0.25, -0.2) is 0 Å². The maximum absolute atomic E-state index is 12.5. The van der Waals surface area contributed by atoms with Gasteiger partial charge in [-0.15, -0.1) is 0 Å². The smallest absolute Gasteiger partial charge is 0.256 e. The molecule has 3 aromatic rings. The fourth-order valence-corrected chi connectivity index (χ4v) is 2.26. The van der Waals surface area contributed by atoms with Crippen molar-refractivity contribution in [3.8, 4) is 0 Å². The van der Waals surface area contributed by atoms with Gasteiger partial charge in [0.05, 0.1) is 12.1 Å². The molecule has 0 unspecified atom stereocenters. The first kappa shape index (κ1) is 12.5. The van der Waals surface area contributed by atoms with Gasteiger partial charge in [0.15, 0.2) is 0 Å². The van der Waals surface area contributed by atoms with E-state index in [4.69, 9.17) is 4.52 Å². The summed E-state index contributed by atoms with van der Waals surface area (Å²) in [6.45, 7) is 2.26. The first-order chi connectivity index (χ1) is 9.65. The minimum Gasteiger partial charge on any atom is -0.361 e. The van der Waals surface area contributed by atoms with Crippen LogP contribution >= 0.6 is 0 Å². The highest BCUT2D eigenvalue weighted by molar-refractivity contribution is 6.06. The third-order valence-corrected chi connectivity index (χ3v) is 3.24. The highest BCUT2D eigenvalue weighted by Crippen LogP contribution is 2.19. The van der Waals surface area contributed by atoms with Gasteiger partial charge in [0.1, 0.15) is 11.5 Å². The third kappa shape index (κ3) is 2.18.